The van der Waals surface area contributed by atoms with Crippen LogP contribution in [0.15, 0.2) is 24.3 Å². The first-order chi connectivity index (χ1) is 5.87. The van der Waals surface area contributed by atoms with Crippen molar-refractivity contribution in [1.29, 1.82) is 0 Å². The summed E-state index contributed by atoms with van der Waals surface area (Å²) >= 11 is 0. The number of hydrogen-bond acceptors (Lipinski definition) is 1. The first-order valence-corrected chi connectivity index (χ1v) is 4.84. The summed E-state index contributed by atoms with van der Waals surface area (Å²) in [6.45, 7) is 4.64. The molecule has 0 bridgehead atoms. The highest BCUT2D eigenvalue weighted by atomic mass is 16.5. The highest BCUT2D eigenvalue weighted by molar-refractivity contribution is 5.31. The Bertz CT molecular complexity index is 209. The molecular weight excluding hydrogens is 148 g/mol. The van der Waals surface area contributed by atoms with Crippen molar-refractivity contribution in [2.75, 3.05) is 6.61 Å². The average Bonchev–Trinajstić information content (AvgIpc) is 2.49. The van der Waals surface area contributed by atoms with Crippen LogP contribution in [-0.4, -0.2) is 12.2 Å². The highest BCUT2D eigenvalue weighted by Gasteiger charge is 2.37. The summed E-state index contributed by atoms with van der Waals surface area (Å²) in [6.07, 6.45) is 10.5. The summed E-state index contributed by atoms with van der Waals surface area (Å²) in [5, 5.41) is 0. The Balaban J connectivity index is 2.18. The van der Waals surface area contributed by atoms with E-state index in [1.165, 1.54) is 37.7 Å². The van der Waals surface area contributed by atoms with Gasteiger partial charge in [-0.05, 0) is 18.4 Å². The molecule has 0 unspecified atom stereocenters. The third-order valence-corrected chi connectivity index (χ3v) is 3.07. The van der Waals surface area contributed by atoms with E-state index in [0.29, 0.717) is 0 Å². The second kappa shape index (κ2) is 3.06. The Morgan fingerprint density at radius 2 is 2.08 bits per heavy atom. The van der Waals surface area contributed by atoms with E-state index in [0.717, 1.165) is 6.61 Å². The average molecular weight is 164 g/mol. The minimum atomic E-state index is 0.0833. The van der Waals surface area contributed by atoms with Crippen molar-refractivity contribution in [3.05, 3.63) is 24.3 Å². The molecule has 0 atom stereocenters. The Labute approximate surface area is 74.1 Å². The molecule has 0 aromatic heterocycles. The third-order valence-electron chi connectivity index (χ3n) is 3.07. The van der Waals surface area contributed by atoms with Crippen molar-refractivity contribution < 1.29 is 4.74 Å². The van der Waals surface area contributed by atoms with Gasteiger partial charge in [0.2, 0.25) is 0 Å². The van der Waals surface area contributed by atoms with Crippen LogP contribution in [-0.2, 0) is 4.74 Å². The lowest BCUT2D eigenvalue weighted by Crippen LogP contribution is -2.33. The van der Waals surface area contributed by atoms with Gasteiger partial charge in [0.05, 0.1) is 12.2 Å². The predicted octanol–water partition coefficient (Wildman–Crippen LogP) is 2.83. The van der Waals surface area contributed by atoms with Gasteiger partial charge in [-0.25, -0.2) is 0 Å². The molecule has 0 saturated heterocycles. The van der Waals surface area contributed by atoms with E-state index in [9.17, 15) is 0 Å². The van der Waals surface area contributed by atoms with Gasteiger partial charge in [0.15, 0.2) is 0 Å². The fraction of sp³-hybridized carbons (Fsp3) is 0.636. The van der Waals surface area contributed by atoms with E-state index in [2.05, 4.69) is 12.7 Å². The molecule has 1 aliphatic carbocycles. The molecule has 0 N–H and O–H groups in total. The molecule has 0 aromatic rings. The number of hydrogen-bond donors (Lipinski definition) is 0. The molecule has 0 radical (unpaired) electrons. The first-order valence-electron chi connectivity index (χ1n) is 4.84. The minimum Gasteiger partial charge on any atom is -0.366 e. The molecule has 66 valence electrons. The minimum absolute atomic E-state index is 0.0833. The maximum absolute atomic E-state index is 5.82. The van der Waals surface area contributed by atoms with Crippen LogP contribution in [0.3, 0.4) is 0 Å². The summed E-state index contributed by atoms with van der Waals surface area (Å²) in [7, 11) is 0. The second-order valence-electron chi connectivity index (χ2n) is 3.73. The number of rotatable bonds is 1. The lowest BCUT2D eigenvalue weighted by atomic mass is 9.80. The van der Waals surface area contributed by atoms with E-state index in [-0.39, 0.29) is 5.60 Å². The third kappa shape index (κ3) is 1.13. The SMILES string of the molecule is C=CC1=CCOC12CCCCC2. The fourth-order valence-electron chi connectivity index (χ4n) is 2.39. The first kappa shape index (κ1) is 8.06. The Kier molecular flexibility index (Phi) is 2.05. The quantitative estimate of drug-likeness (QED) is 0.579. The van der Waals surface area contributed by atoms with Crippen molar-refractivity contribution >= 4 is 0 Å². The monoisotopic (exact) mass is 164 g/mol. The van der Waals surface area contributed by atoms with Crippen LogP contribution in [0.4, 0.5) is 0 Å². The Hall–Kier alpha value is -0.560. The van der Waals surface area contributed by atoms with E-state index in [4.69, 9.17) is 4.74 Å². The van der Waals surface area contributed by atoms with Crippen LogP contribution in [0.25, 0.3) is 0 Å². The lowest BCUT2D eigenvalue weighted by Gasteiger charge is -2.34. The summed E-state index contributed by atoms with van der Waals surface area (Å²) in [6, 6.07) is 0. The Morgan fingerprint density at radius 3 is 2.75 bits per heavy atom. The molecule has 2 aliphatic rings. The van der Waals surface area contributed by atoms with Gasteiger partial charge >= 0.3 is 0 Å². The van der Waals surface area contributed by atoms with Gasteiger partial charge in [0.25, 0.3) is 0 Å². The lowest BCUT2D eigenvalue weighted by molar-refractivity contribution is -0.00784. The van der Waals surface area contributed by atoms with E-state index in [1.54, 1.807) is 0 Å². The van der Waals surface area contributed by atoms with Crippen molar-refractivity contribution in [3.63, 3.8) is 0 Å². The van der Waals surface area contributed by atoms with Gasteiger partial charge in [0.1, 0.15) is 0 Å². The molecule has 2 rings (SSSR count). The zero-order valence-corrected chi connectivity index (χ0v) is 7.51. The van der Waals surface area contributed by atoms with Gasteiger partial charge in [0, 0.05) is 0 Å². The van der Waals surface area contributed by atoms with Crippen LogP contribution >= 0.6 is 0 Å². The smallest absolute Gasteiger partial charge is 0.0933 e. The standard InChI is InChI=1S/C11H16O/c1-2-10-6-9-12-11(10)7-4-3-5-8-11/h2,6H,1,3-5,7-9H2. The molecule has 1 spiro atoms. The second-order valence-corrected chi connectivity index (χ2v) is 3.73. The van der Waals surface area contributed by atoms with Crippen molar-refractivity contribution in [2.24, 2.45) is 0 Å². The van der Waals surface area contributed by atoms with E-state index >= 15 is 0 Å². The largest absolute Gasteiger partial charge is 0.366 e. The normalized spacial score (nSPS) is 27.2. The zero-order chi connectivity index (χ0) is 8.44. The molecule has 1 aliphatic heterocycles. The van der Waals surface area contributed by atoms with Crippen LogP contribution < -0.4 is 0 Å². The zero-order valence-electron chi connectivity index (χ0n) is 7.51. The maximum Gasteiger partial charge on any atom is 0.0933 e. The van der Waals surface area contributed by atoms with E-state index < -0.39 is 0 Å². The van der Waals surface area contributed by atoms with Gasteiger partial charge < -0.3 is 4.74 Å². The predicted molar refractivity (Wildman–Crippen MR) is 50.0 cm³/mol. The molecule has 1 heterocycles. The maximum atomic E-state index is 5.82. The van der Waals surface area contributed by atoms with Crippen molar-refractivity contribution in [1.82, 2.24) is 0 Å². The summed E-state index contributed by atoms with van der Waals surface area (Å²) in [4.78, 5) is 0. The van der Waals surface area contributed by atoms with E-state index in [1.807, 2.05) is 6.08 Å². The van der Waals surface area contributed by atoms with Gasteiger partial charge in [-0.3, -0.25) is 0 Å². The van der Waals surface area contributed by atoms with Crippen molar-refractivity contribution in [2.45, 2.75) is 37.7 Å². The molecule has 0 amide bonds. The van der Waals surface area contributed by atoms with Crippen LogP contribution in [0, 0.1) is 0 Å². The molecule has 1 nitrogen and oxygen atoms in total. The number of ether oxygens (including phenoxy) is 1. The fourth-order valence-corrected chi connectivity index (χ4v) is 2.39. The highest BCUT2D eigenvalue weighted by Crippen LogP contribution is 2.40. The van der Waals surface area contributed by atoms with Crippen LogP contribution in [0.1, 0.15) is 32.1 Å². The van der Waals surface area contributed by atoms with Gasteiger partial charge in [-0.15, -0.1) is 0 Å². The Morgan fingerprint density at radius 1 is 1.33 bits per heavy atom. The molecular formula is C11H16O. The van der Waals surface area contributed by atoms with Crippen LogP contribution in [0.5, 0.6) is 0 Å². The molecule has 1 saturated carbocycles. The van der Waals surface area contributed by atoms with Gasteiger partial charge in [-0.2, -0.15) is 0 Å². The van der Waals surface area contributed by atoms with Crippen molar-refractivity contribution in [3.8, 4) is 0 Å². The topological polar surface area (TPSA) is 9.23 Å². The molecule has 12 heavy (non-hydrogen) atoms. The summed E-state index contributed by atoms with van der Waals surface area (Å²) < 4.78 is 5.82. The van der Waals surface area contributed by atoms with Crippen LogP contribution in [0.2, 0.25) is 0 Å². The molecule has 1 heteroatoms. The summed E-state index contributed by atoms with van der Waals surface area (Å²) in [5.41, 5.74) is 1.42. The van der Waals surface area contributed by atoms with Gasteiger partial charge in [-0.1, -0.05) is 38.0 Å². The molecule has 0 aromatic carbocycles. The molecule has 1 fully saturated rings. The summed E-state index contributed by atoms with van der Waals surface area (Å²) in [5.74, 6) is 0.